The van der Waals surface area contributed by atoms with Crippen molar-refractivity contribution in [2.24, 2.45) is 0 Å². The molecule has 3 aromatic rings. The van der Waals surface area contributed by atoms with Gasteiger partial charge in [0.2, 0.25) is 21.8 Å². The van der Waals surface area contributed by atoms with Gasteiger partial charge in [-0.05, 0) is 61.2 Å². The third kappa shape index (κ3) is 7.41. The third-order valence-electron chi connectivity index (χ3n) is 6.41. The molecule has 9 heteroatoms. The predicted octanol–water partition coefficient (Wildman–Crippen LogP) is 3.98. The second kappa shape index (κ2) is 12.7. The van der Waals surface area contributed by atoms with E-state index in [1.807, 2.05) is 43.3 Å². The Morgan fingerprint density at radius 2 is 1.58 bits per heavy atom. The summed E-state index contributed by atoms with van der Waals surface area (Å²) in [6.07, 6.45) is 1.28. The van der Waals surface area contributed by atoms with E-state index in [0.717, 1.165) is 27.3 Å². The van der Waals surface area contributed by atoms with Crippen LogP contribution in [-0.4, -0.2) is 50.5 Å². The lowest BCUT2D eigenvalue weighted by molar-refractivity contribution is -0.140. The molecule has 0 saturated carbocycles. The molecule has 1 atom stereocenters. The standard InChI is InChI=1S/C29H34FN3O4S/c1-5-31-29(35)27(18-23-11-7-6-8-12-23)32(19-24-14-16-25(30)17-15-24)28(34)20-33(38(4,36)37)26-13-9-10-21(2)22(26)3/h6-17,27H,5,18-20H2,1-4H3,(H,31,35). The maximum Gasteiger partial charge on any atom is 0.244 e. The Kier molecular flexibility index (Phi) is 9.63. The fraction of sp³-hybridized carbons (Fsp3) is 0.310. The van der Waals surface area contributed by atoms with Crippen molar-refractivity contribution in [3.63, 3.8) is 0 Å². The molecule has 3 rings (SSSR count). The van der Waals surface area contributed by atoms with E-state index in [4.69, 9.17) is 0 Å². The number of carbonyl (C=O) groups excluding carboxylic acids is 2. The number of anilines is 1. The van der Waals surface area contributed by atoms with Gasteiger partial charge in [0.1, 0.15) is 18.4 Å². The summed E-state index contributed by atoms with van der Waals surface area (Å²) in [6.45, 7) is 5.33. The molecule has 0 aliphatic heterocycles. The Morgan fingerprint density at radius 1 is 0.921 bits per heavy atom. The number of hydrogen-bond donors (Lipinski definition) is 1. The van der Waals surface area contributed by atoms with Gasteiger partial charge < -0.3 is 10.2 Å². The van der Waals surface area contributed by atoms with Crippen LogP contribution < -0.4 is 9.62 Å². The number of halogens is 1. The molecular weight excluding hydrogens is 505 g/mol. The number of sulfonamides is 1. The first-order valence-corrected chi connectivity index (χ1v) is 14.3. The van der Waals surface area contributed by atoms with Crippen LogP contribution in [0, 0.1) is 19.7 Å². The second-order valence-electron chi connectivity index (χ2n) is 9.24. The molecule has 0 radical (unpaired) electrons. The van der Waals surface area contributed by atoms with Gasteiger partial charge in [-0.1, -0.05) is 54.6 Å². The zero-order valence-corrected chi connectivity index (χ0v) is 23.0. The van der Waals surface area contributed by atoms with Crippen molar-refractivity contribution in [3.8, 4) is 0 Å². The molecule has 0 aliphatic carbocycles. The Hall–Kier alpha value is -3.72. The minimum absolute atomic E-state index is 0.00184. The van der Waals surface area contributed by atoms with E-state index >= 15 is 0 Å². The predicted molar refractivity (Wildman–Crippen MR) is 148 cm³/mol. The Labute approximate surface area is 224 Å². The summed E-state index contributed by atoms with van der Waals surface area (Å²) in [5, 5.41) is 2.80. The monoisotopic (exact) mass is 539 g/mol. The number of hydrogen-bond acceptors (Lipinski definition) is 4. The number of nitrogens with zero attached hydrogens (tertiary/aromatic N) is 2. The topological polar surface area (TPSA) is 86.8 Å². The molecule has 1 unspecified atom stereocenters. The van der Waals surface area contributed by atoms with Gasteiger partial charge in [0, 0.05) is 19.5 Å². The number of nitrogens with one attached hydrogen (secondary N) is 1. The summed E-state index contributed by atoms with van der Waals surface area (Å²) < 4.78 is 40.4. The lowest BCUT2D eigenvalue weighted by Crippen LogP contribution is -2.53. The van der Waals surface area contributed by atoms with Gasteiger partial charge in [-0.3, -0.25) is 13.9 Å². The fourth-order valence-electron chi connectivity index (χ4n) is 4.23. The van der Waals surface area contributed by atoms with Crippen molar-refractivity contribution in [1.29, 1.82) is 0 Å². The maximum atomic E-state index is 13.9. The summed E-state index contributed by atoms with van der Waals surface area (Å²) >= 11 is 0. The zero-order valence-electron chi connectivity index (χ0n) is 22.1. The smallest absolute Gasteiger partial charge is 0.244 e. The highest BCUT2D eigenvalue weighted by Gasteiger charge is 2.33. The summed E-state index contributed by atoms with van der Waals surface area (Å²) in [4.78, 5) is 28.6. The lowest BCUT2D eigenvalue weighted by Gasteiger charge is -2.33. The molecule has 202 valence electrons. The van der Waals surface area contributed by atoms with E-state index in [1.54, 1.807) is 38.1 Å². The maximum absolute atomic E-state index is 13.9. The summed E-state index contributed by atoms with van der Waals surface area (Å²) in [7, 11) is -3.84. The van der Waals surface area contributed by atoms with Crippen molar-refractivity contribution in [3.05, 3.63) is 101 Å². The van der Waals surface area contributed by atoms with E-state index in [2.05, 4.69) is 5.32 Å². The third-order valence-corrected chi connectivity index (χ3v) is 7.54. The fourth-order valence-corrected chi connectivity index (χ4v) is 5.13. The van der Waals surface area contributed by atoms with Gasteiger partial charge >= 0.3 is 0 Å². The molecule has 0 fully saturated rings. The van der Waals surface area contributed by atoms with Gasteiger partial charge in [0.15, 0.2) is 0 Å². The Morgan fingerprint density at radius 3 is 2.18 bits per heavy atom. The van der Waals surface area contributed by atoms with Crippen LogP contribution >= 0.6 is 0 Å². The zero-order chi connectivity index (χ0) is 27.9. The van der Waals surface area contributed by atoms with Gasteiger partial charge in [-0.15, -0.1) is 0 Å². The van der Waals surface area contributed by atoms with Crippen LogP contribution in [0.3, 0.4) is 0 Å². The number of benzene rings is 3. The van der Waals surface area contributed by atoms with Crippen LogP contribution in [0.25, 0.3) is 0 Å². The molecule has 0 saturated heterocycles. The van der Waals surface area contributed by atoms with Crippen LogP contribution in [0.5, 0.6) is 0 Å². The highest BCUT2D eigenvalue weighted by atomic mass is 32.2. The molecule has 1 N–H and O–H groups in total. The van der Waals surface area contributed by atoms with Crippen molar-refractivity contribution in [2.45, 2.75) is 39.8 Å². The minimum atomic E-state index is -3.84. The average molecular weight is 540 g/mol. The molecule has 2 amide bonds. The quantitative estimate of drug-likeness (QED) is 0.399. The van der Waals surface area contributed by atoms with E-state index in [1.165, 1.54) is 17.0 Å². The van der Waals surface area contributed by atoms with Crippen LogP contribution in [0.1, 0.15) is 29.2 Å². The van der Waals surface area contributed by atoms with Crippen LogP contribution in [-0.2, 0) is 32.6 Å². The summed E-state index contributed by atoms with van der Waals surface area (Å²) in [5.41, 5.74) is 3.48. The second-order valence-corrected chi connectivity index (χ2v) is 11.1. The van der Waals surface area contributed by atoms with Crippen molar-refractivity contribution >= 4 is 27.5 Å². The molecule has 3 aromatic carbocycles. The lowest BCUT2D eigenvalue weighted by atomic mass is 10.0. The first-order valence-electron chi connectivity index (χ1n) is 12.4. The summed E-state index contributed by atoms with van der Waals surface area (Å²) in [6, 6.07) is 19.3. The first kappa shape index (κ1) is 28.8. The molecule has 7 nitrogen and oxygen atoms in total. The molecule has 0 bridgehead atoms. The normalized spacial score (nSPS) is 12.0. The molecule has 0 heterocycles. The molecule has 38 heavy (non-hydrogen) atoms. The Bertz CT molecular complexity index is 1360. The van der Waals surface area contributed by atoms with Crippen LogP contribution in [0.4, 0.5) is 10.1 Å². The highest BCUT2D eigenvalue weighted by Crippen LogP contribution is 2.26. The number of likely N-dealkylation sites (N-methyl/N-ethyl adjacent to an activating group) is 1. The number of amides is 2. The van der Waals surface area contributed by atoms with Gasteiger partial charge in [0.25, 0.3) is 0 Å². The van der Waals surface area contributed by atoms with Gasteiger partial charge in [-0.25, -0.2) is 12.8 Å². The van der Waals surface area contributed by atoms with Crippen LogP contribution in [0.2, 0.25) is 0 Å². The average Bonchev–Trinajstić information content (AvgIpc) is 2.87. The number of rotatable bonds is 11. The van der Waals surface area contributed by atoms with E-state index in [0.29, 0.717) is 17.8 Å². The van der Waals surface area contributed by atoms with Gasteiger partial charge in [-0.2, -0.15) is 0 Å². The molecule has 0 aliphatic rings. The van der Waals surface area contributed by atoms with E-state index in [9.17, 15) is 22.4 Å². The summed E-state index contributed by atoms with van der Waals surface area (Å²) in [5.74, 6) is -1.33. The number of carbonyl (C=O) groups is 2. The minimum Gasteiger partial charge on any atom is -0.355 e. The SMILES string of the molecule is CCNC(=O)C(Cc1ccccc1)N(Cc1ccc(F)cc1)C(=O)CN(c1cccc(C)c1C)S(C)(=O)=O. The van der Waals surface area contributed by atoms with Crippen molar-refractivity contribution < 1.29 is 22.4 Å². The highest BCUT2D eigenvalue weighted by molar-refractivity contribution is 7.92. The molecule has 0 aromatic heterocycles. The molecule has 0 spiro atoms. The van der Waals surface area contributed by atoms with E-state index in [-0.39, 0.29) is 18.9 Å². The number of aryl methyl sites for hydroxylation is 1. The Balaban J connectivity index is 2.06. The van der Waals surface area contributed by atoms with E-state index < -0.39 is 34.3 Å². The van der Waals surface area contributed by atoms with Gasteiger partial charge in [0.05, 0.1) is 11.9 Å². The first-order chi connectivity index (χ1) is 18.0. The largest absolute Gasteiger partial charge is 0.355 e. The molecular formula is C29H34FN3O4S. The van der Waals surface area contributed by atoms with Crippen molar-refractivity contribution in [2.75, 3.05) is 23.7 Å². The van der Waals surface area contributed by atoms with Crippen LogP contribution in [0.15, 0.2) is 72.8 Å². The van der Waals surface area contributed by atoms with Crippen molar-refractivity contribution in [1.82, 2.24) is 10.2 Å².